The van der Waals surface area contributed by atoms with Crippen LogP contribution in [0.1, 0.15) is 40.0 Å². The molecule has 3 aliphatic rings. The average molecular weight is 266 g/mol. The van der Waals surface area contributed by atoms with Gasteiger partial charge in [-0.05, 0) is 18.8 Å². The number of carbonyl (C=O) groups is 1. The van der Waals surface area contributed by atoms with E-state index in [1.54, 1.807) is 0 Å². The van der Waals surface area contributed by atoms with Crippen LogP contribution < -0.4 is 0 Å². The molecule has 0 unspecified atom stereocenters. The van der Waals surface area contributed by atoms with E-state index in [-0.39, 0.29) is 29.1 Å². The molecule has 3 rings (SSSR count). The SMILES string of the molecule is C[C@@H]1C(=O)O[C@@]2(O)CCC3=C[C@@H](O)C[C@H](C)[C@@]3(C)[C@@H]12. The molecule has 19 heavy (non-hydrogen) atoms. The number of aliphatic hydroxyl groups excluding tert-OH is 1. The van der Waals surface area contributed by atoms with Crippen molar-refractivity contribution in [2.24, 2.45) is 23.2 Å². The van der Waals surface area contributed by atoms with Gasteiger partial charge in [0.25, 0.3) is 0 Å². The molecule has 0 bridgehead atoms. The molecule has 1 saturated heterocycles. The summed E-state index contributed by atoms with van der Waals surface area (Å²) in [6, 6.07) is 0. The molecule has 2 N–H and O–H groups in total. The Morgan fingerprint density at radius 2 is 2.11 bits per heavy atom. The van der Waals surface area contributed by atoms with E-state index in [2.05, 4.69) is 13.8 Å². The van der Waals surface area contributed by atoms with Gasteiger partial charge in [-0.2, -0.15) is 0 Å². The number of allylic oxidation sites excluding steroid dienone is 1. The van der Waals surface area contributed by atoms with Gasteiger partial charge < -0.3 is 14.9 Å². The maximum atomic E-state index is 11.9. The Kier molecular flexibility index (Phi) is 2.64. The van der Waals surface area contributed by atoms with E-state index in [0.717, 1.165) is 0 Å². The fourth-order valence-corrected chi connectivity index (χ4v) is 4.63. The number of aliphatic hydroxyl groups is 2. The minimum Gasteiger partial charge on any atom is -0.433 e. The van der Waals surface area contributed by atoms with Gasteiger partial charge in [0.15, 0.2) is 0 Å². The summed E-state index contributed by atoms with van der Waals surface area (Å²) in [6.45, 7) is 6.05. The summed E-state index contributed by atoms with van der Waals surface area (Å²) in [7, 11) is 0. The molecule has 0 spiro atoms. The lowest BCUT2D eigenvalue weighted by Crippen LogP contribution is -2.54. The zero-order valence-electron chi connectivity index (χ0n) is 11.7. The summed E-state index contributed by atoms with van der Waals surface area (Å²) < 4.78 is 5.28. The first-order chi connectivity index (χ1) is 8.79. The lowest BCUT2D eigenvalue weighted by Gasteiger charge is -2.53. The van der Waals surface area contributed by atoms with Crippen molar-refractivity contribution < 1.29 is 19.7 Å². The fraction of sp³-hybridized carbons (Fsp3) is 0.800. The number of hydrogen-bond donors (Lipinski definition) is 2. The van der Waals surface area contributed by atoms with E-state index in [0.29, 0.717) is 19.3 Å². The van der Waals surface area contributed by atoms with Crippen molar-refractivity contribution in [1.82, 2.24) is 0 Å². The second kappa shape index (κ2) is 3.83. The fourth-order valence-electron chi connectivity index (χ4n) is 4.63. The van der Waals surface area contributed by atoms with Gasteiger partial charge in [0, 0.05) is 17.8 Å². The number of carbonyl (C=O) groups excluding carboxylic acids is 1. The second-order valence-electron chi connectivity index (χ2n) is 6.71. The Balaban J connectivity index is 2.11. The highest BCUT2D eigenvalue weighted by Gasteiger charge is 2.65. The molecule has 4 nitrogen and oxygen atoms in total. The third kappa shape index (κ3) is 1.56. The van der Waals surface area contributed by atoms with Crippen LogP contribution in [0.4, 0.5) is 0 Å². The van der Waals surface area contributed by atoms with Gasteiger partial charge in [-0.1, -0.05) is 32.4 Å². The predicted octanol–water partition coefficient (Wildman–Crippen LogP) is 1.61. The zero-order chi connectivity index (χ0) is 14.0. The molecule has 2 fully saturated rings. The first-order valence-corrected chi connectivity index (χ1v) is 7.13. The average Bonchev–Trinajstić information content (AvgIpc) is 2.54. The smallest absolute Gasteiger partial charge is 0.311 e. The molecule has 6 atom stereocenters. The summed E-state index contributed by atoms with van der Waals surface area (Å²) >= 11 is 0. The Morgan fingerprint density at radius 3 is 2.79 bits per heavy atom. The number of hydrogen-bond acceptors (Lipinski definition) is 4. The van der Waals surface area contributed by atoms with Gasteiger partial charge in [0.2, 0.25) is 5.79 Å². The van der Waals surface area contributed by atoms with Crippen LogP contribution in [0.25, 0.3) is 0 Å². The maximum Gasteiger partial charge on any atom is 0.311 e. The predicted molar refractivity (Wildman–Crippen MR) is 68.9 cm³/mol. The third-order valence-electron chi connectivity index (χ3n) is 5.74. The van der Waals surface area contributed by atoms with Gasteiger partial charge in [-0.3, -0.25) is 4.79 Å². The van der Waals surface area contributed by atoms with Crippen molar-refractivity contribution in [3.8, 4) is 0 Å². The topological polar surface area (TPSA) is 66.8 Å². The molecule has 4 heteroatoms. The first kappa shape index (κ1) is 13.1. The first-order valence-electron chi connectivity index (χ1n) is 7.13. The van der Waals surface area contributed by atoms with Gasteiger partial charge in [-0.25, -0.2) is 0 Å². The number of ether oxygens (including phenoxy) is 1. The monoisotopic (exact) mass is 266 g/mol. The van der Waals surface area contributed by atoms with Gasteiger partial charge >= 0.3 is 5.97 Å². The van der Waals surface area contributed by atoms with Crippen LogP contribution in [0.15, 0.2) is 11.6 Å². The van der Waals surface area contributed by atoms with E-state index < -0.39 is 11.9 Å². The van der Waals surface area contributed by atoms with E-state index in [4.69, 9.17) is 4.74 Å². The zero-order valence-corrected chi connectivity index (χ0v) is 11.7. The van der Waals surface area contributed by atoms with Gasteiger partial charge in [0.05, 0.1) is 12.0 Å². The summed E-state index contributed by atoms with van der Waals surface area (Å²) in [5.74, 6) is -1.91. The van der Waals surface area contributed by atoms with Gasteiger partial charge in [0.1, 0.15) is 0 Å². The molecule has 2 aliphatic carbocycles. The Labute approximate surface area is 113 Å². The summed E-state index contributed by atoms with van der Waals surface area (Å²) in [5, 5.41) is 20.6. The van der Waals surface area contributed by atoms with Crippen LogP contribution in [-0.4, -0.2) is 28.1 Å². The Morgan fingerprint density at radius 1 is 1.42 bits per heavy atom. The van der Waals surface area contributed by atoms with Crippen LogP contribution in [0.5, 0.6) is 0 Å². The largest absolute Gasteiger partial charge is 0.433 e. The van der Waals surface area contributed by atoms with E-state index in [9.17, 15) is 15.0 Å². The van der Waals surface area contributed by atoms with Crippen molar-refractivity contribution in [1.29, 1.82) is 0 Å². The standard InChI is InChI=1S/C15H22O4/c1-8-6-11(16)7-10-4-5-15(18)12(14(8,10)3)9(2)13(17)19-15/h7-9,11-12,16,18H,4-6H2,1-3H3/t8-,9-,11-,12+,14+,15-/m0/s1. The molecular formula is C15H22O4. The highest BCUT2D eigenvalue weighted by molar-refractivity contribution is 5.76. The molecule has 0 aromatic rings. The number of esters is 1. The van der Waals surface area contributed by atoms with E-state index in [1.165, 1.54) is 5.57 Å². The van der Waals surface area contributed by atoms with Crippen molar-refractivity contribution in [2.75, 3.05) is 0 Å². The highest BCUT2D eigenvalue weighted by Crippen LogP contribution is 2.61. The normalized spacial score (nSPS) is 53.1. The summed E-state index contributed by atoms with van der Waals surface area (Å²) in [5.41, 5.74) is 0.913. The van der Waals surface area contributed by atoms with Crippen molar-refractivity contribution >= 4 is 5.97 Å². The summed E-state index contributed by atoms with van der Waals surface area (Å²) in [4.78, 5) is 11.9. The number of fused-ring (bicyclic) bond motifs is 3. The Hall–Kier alpha value is -0.870. The quantitative estimate of drug-likeness (QED) is 0.516. The van der Waals surface area contributed by atoms with Crippen molar-refractivity contribution in [2.45, 2.75) is 51.9 Å². The second-order valence-corrected chi connectivity index (χ2v) is 6.71. The molecule has 0 aromatic heterocycles. The molecule has 106 valence electrons. The Bertz CT molecular complexity index is 457. The molecule has 0 radical (unpaired) electrons. The van der Waals surface area contributed by atoms with Crippen molar-refractivity contribution in [3.05, 3.63) is 11.6 Å². The van der Waals surface area contributed by atoms with Crippen LogP contribution in [-0.2, 0) is 9.53 Å². The van der Waals surface area contributed by atoms with Crippen LogP contribution in [0.2, 0.25) is 0 Å². The van der Waals surface area contributed by atoms with Gasteiger partial charge in [-0.15, -0.1) is 0 Å². The highest BCUT2D eigenvalue weighted by atomic mass is 16.7. The summed E-state index contributed by atoms with van der Waals surface area (Å²) in [6.07, 6.45) is 3.32. The minimum atomic E-state index is -1.32. The van der Waals surface area contributed by atoms with E-state index >= 15 is 0 Å². The molecule has 0 aromatic carbocycles. The molecule has 1 aliphatic heterocycles. The molecule has 0 amide bonds. The molecular weight excluding hydrogens is 244 g/mol. The molecule has 1 saturated carbocycles. The lowest BCUT2D eigenvalue weighted by molar-refractivity contribution is -0.230. The van der Waals surface area contributed by atoms with Crippen LogP contribution in [0, 0.1) is 23.2 Å². The maximum absolute atomic E-state index is 11.9. The van der Waals surface area contributed by atoms with Crippen LogP contribution >= 0.6 is 0 Å². The van der Waals surface area contributed by atoms with Crippen LogP contribution in [0.3, 0.4) is 0 Å². The van der Waals surface area contributed by atoms with E-state index in [1.807, 2.05) is 13.0 Å². The number of rotatable bonds is 0. The minimum absolute atomic E-state index is 0.213. The lowest BCUT2D eigenvalue weighted by atomic mass is 9.51. The molecule has 1 heterocycles. The van der Waals surface area contributed by atoms with Crippen molar-refractivity contribution in [3.63, 3.8) is 0 Å². The third-order valence-corrected chi connectivity index (χ3v) is 5.74.